The Bertz CT molecular complexity index is 677. The summed E-state index contributed by atoms with van der Waals surface area (Å²) >= 11 is 1.41. The minimum Gasteiger partial charge on any atom is -0.286 e. The van der Waals surface area contributed by atoms with Crippen LogP contribution in [0.1, 0.15) is 15.4 Å². The molecule has 0 radical (unpaired) electrons. The Kier molecular flexibility index (Phi) is 2.42. The molecule has 3 rings (SSSR count). The number of hydrogen-bond acceptors (Lipinski definition) is 4. The maximum absolute atomic E-state index is 12.1. The van der Waals surface area contributed by atoms with Gasteiger partial charge in [-0.15, -0.1) is 11.3 Å². The lowest BCUT2D eigenvalue weighted by Gasteiger charge is -1.99. The van der Waals surface area contributed by atoms with Crippen LogP contribution in [0.15, 0.2) is 48.0 Å². The number of aromatic nitrogens is 2. The van der Waals surface area contributed by atoms with Crippen molar-refractivity contribution in [2.75, 3.05) is 0 Å². The van der Waals surface area contributed by atoms with Gasteiger partial charge in [-0.05, 0) is 23.6 Å². The quantitative estimate of drug-likeness (QED) is 0.647. The van der Waals surface area contributed by atoms with Gasteiger partial charge in [0.2, 0.25) is 5.78 Å². The second-order valence-corrected chi connectivity index (χ2v) is 4.50. The van der Waals surface area contributed by atoms with Crippen molar-refractivity contribution in [2.24, 2.45) is 0 Å². The fraction of sp³-hybridized carbons (Fsp3) is 0. The summed E-state index contributed by atoms with van der Waals surface area (Å²) in [5.41, 5.74) is 1.94. The normalized spacial score (nSPS) is 10.6. The highest BCUT2D eigenvalue weighted by atomic mass is 32.1. The SMILES string of the molecule is O=C(c1cnc2ccccc2n1)c1cccs1. The van der Waals surface area contributed by atoms with E-state index in [1.165, 1.54) is 17.5 Å². The summed E-state index contributed by atoms with van der Waals surface area (Å²) in [5.74, 6) is -0.0711. The van der Waals surface area contributed by atoms with Gasteiger partial charge in [0.05, 0.1) is 22.1 Å². The summed E-state index contributed by atoms with van der Waals surface area (Å²) in [5, 5.41) is 1.88. The van der Waals surface area contributed by atoms with Gasteiger partial charge in [0.25, 0.3) is 0 Å². The number of fused-ring (bicyclic) bond motifs is 1. The maximum Gasteiger partial charge on any atom is 0.222 e. The van der Waals surface area contributed by atoms with Gasteiger partial charge >= 0.3 is 0 Å². The third kappa shape index (κ3) is 1.83. The smallest absolute Gasteiger partial charge is 0.222 e. The van der Waals surface area contributed by atoms with Crippen LogP contribution in [0.3, 0.4) is 0 Å². The Morgan fingerprint density at radius 2 is 1.88 bits per heavy atom. The third-order valence-electron chi connectivity index (χ3n) is 2.43. The Balaban J connectivity index is 2.09. The van der Waals surface area contributed by atoms with Gasteiger partial charge in [0.15, 0.2) is 0 Å². The van der Waals surface area contributed by atoms with Crippen LogP contribution in [0.2, 0.25) is 0 Å². The second kappa shape index (κ2) is 4.07. The highest BCUT2D eigenvalue weighted by Crippen LogP contribution is 2.15. The Morgan fingerprint density at radius 3 is 2.65 bits per heavy atom. The zero-order valence-electron chi connectivity index (χ0n) is 8.83. The van der Waals surface area contributed by atoms with Gasteiger partial charge in [0, 0.05) is 0 Å². The minimum absolute atomic E-state index is 0.0711. The largest absolute Gasteiger partial charge is 0.286 e. The fourth-order valence-electron chi connectivity index (χ4n) is 1.60. The van der Waals surface area contributed by atoms with Gasteiger partial charge in [-0.2, -0.15) is 0 Å². The lowest BCUT2D eigenvalue weighted by Crippen LogP contribution is -2.02. The number of ketones is 1. The van der Waals surface area contributed by atoms with E-state index >= 15 is 0 Å². The number of rotatable bonds is 2. The van der Waals surface area contributed by atoms with Crippen LogP contribution in [0, 0.1) is 0 Å². The fourth-order valence-corrected chi connectivity index (χ4v) is 2.27. The predicted molar refractivity (Wildman–Crippen MR) is 67.3 cm³/mol. The van der Waals surface area contributed by atoms with Gasteiger partial charge in [-0.3, -0.25) is 9.78 Å². The van der Waals surface area contributed by atoms with E-state index in [1.807, 2.05) is 35.7 Å². The van der Waals surface area contributed by atoms with Crippen LogP contribution in [-0.2, 0) is 0 Å². The molecule has 0 saturated carbocycles. The van der Waals surface area contributed by atoms with Crippen LogP contribution in [0.5, 0.6) is 0 Å². The number of thiophene rings is 1. The molecule has 0 atom stereocenters. The standard InChI is InChI=1S/C13H8N2OS/c16-13(12-6-3-7-17-12)11-8-14-9-4-1-2-5-10(9)15-11/h1-8H. The number of carbonyl (C=O) groups is 1. The van der Waals surface area contributed by atoms with Crippen molar-refractivity contribution in [1.29, 1.82) is 0 Å². The average Bonchev–Trinajstić information content (AvgIpc) is 2.91. The Hall–Kier alpha value is -2.07. The van der Waals surface area contributed by atoms with E-state index in [9.17, 15) is 4.79 Å². The first kappa shape index (κ1) is 10.1. The average molecular weight is 240 g/mol. The first-order chi connectivity index (χ1) is 8.34. The molecule has 2 aromatic heterocycles. The molecule has 0 aliphatic carbocycles. The van der Waals surface area contributed by atoms with Crippen molar-refractivity contribution in [2.45, 2.75) is 0 Å². The highest BCUT2D eigenvalue weighted by Gasteiger charge is 2.12. The molecule has 0 aliphatic rings. The molecule has 0 spiro atoms. The number of benzene rings is 1. The number of para-hydroxylation sites is 2. The van der Waals surface area contributed by atoms with Crippen molar-refractivity contribution < 1.29 is 4.79 Å². The van der Waals surface area contributed by atoms with E-state index in [0.29, 0.717) is 10.6 Å². The summed E-state index contributed by atoms with van der Waals surface area (Å²) in [6.45, 7) is 0. The van der Waals surface area contributed by atoms with Gasteiger partial charge in [0.1, 0.15) is 5.69 Å². The summed E-state index contributed by atoms with van der Waals surface area (Å²) in [6.07, 6.45) is 1.53. The van der Waals surface area contributed by atoms with Crippen LogP contribution in [0.4, 0.5) is 0 Å². The molecular formula is C13H8N2OS. The number of nitrogens with zero attached hydrogens (tertiary/aromatic N) is 2. The third-order valence-corrected chi connectivity index (χ3v) is 3.29. The molecule has 0 fully saturated rings. The molecular weight excluding hydrogens is 232 g/mol. The van der Waals surface area contributed by atoms with Crippen molar-refractivity contribution in [3.05, 3.63) is 58.5 Å². The van der Waals surface area contributed by atoms with E-state index in [-0.39, 0.29) is 5.78 Å². The van der Waals surface area contributed by atoms with Crippen molar-refractivity contribution >= 4 is 28.2 Å². The molecule has 0 amide bonds. The molecule has 1 aromatic carbocycles. The summed E-state index contributed by atoms with van der Waals surface area (Å²) in [4.78, 5) is 21.3. The van der Waals surface area contributed by atoms with Gasteiger partial charge < -0.3 is 0 Å². The molecule has 3 nitrogen and oxygen atoms in total. The van der Waals surface area contributed by atoms with E-state index in [0.717, 1.165) is 11.0 Å². The van der Waals surface area contributed by atoms with E-state index in [2.05, 4.69) is 9.97 Å². The first-order valence-corrected chi connectivity index (χ1v) is 6.02. The lowest BCUT2D eigenvalue weighted by atomic mass is 10.2. The molecule has 0 aliphatic heterocycles. The Labute approximate surface area is 102 Å². The van der Waals surface area contributed by atoms with Crippen molar-refractivity contribution in [1.82, 2.24) is 9.97 Å². The molecule has 0 bridgehead atoms. The van der Waals surface area contributed by atoms with Gasteiger partial charge in [-0.25, -0.2) is 4.98 Å². The highest BCUT2D eigenvalue weighted by molar-refractivity contribution is 7.12. The molecule has 17 heavy (non-hydrogen) atoms. The molecule has 4 heteroatoms. The topological polar surface area (TPSA) is 42.9 Å². The van der Waals surface area contributed by atoms with Crippen LogP contribution in [0.25, 0.3) is 11.0 Å². The van der Waals surface area contributed by atoms with Crippen LogP contribution < -0.4 is 0 Å². The van der Waals surface area contributed by atoms with Crippen molar-refractivity contribution in [3.63, 3.8) is 0 Å². The molecule has 0 unspecified atom stereocenters. The zero-order chi connectivity index (χ0) is 11.7. The molecule has 2 heterocycles. The summed E-state index contributed by atoms with van der Waals surface area (Å²) in [7, 11) is 0. The summed E-state index contributed by atoms with van der Waals surface area (Å²) < 4.78 is 0. The van der Waals surface area contributed by atoms with E-state index in [4.69, 9.17) is 0 Å². The molecule has 0 saturated heterocycles. The van der Waals surface area contributed by atoms with Crippen LogP contribution >= 0.6 is 11.3 Å². The minimum atomic E-state index is -0.0711. The molecule has 3 aromatic rings. The Morgan fingerprint density at radius 1 is 1.06 bits per heavy atom. The monoisotopic (exact) mass is 240 g/mol. The number of hydrogen-bond donors (Lipinski definition) is 0. The number of carbonyl (C=O) groups excluding carboxylic acids is 1. The summed E-state index contributed by atoms with van der Waals surface area (Å²) in [6, 6.07) is 11.2. The zero-order valence-corrected chi connectivity index (χ0v) is 9.65. The first-order valence-electron chi connectivity index (χ1n) is 5.14. The van der Waals surface area contributed by atoms with Gasteiger partial charge in [-0.1, -0.05) is 18.2 Å². The van der Waals surface area contributed by atoms with Crippen molar-refractivity contribution in [3.8, 4) is 0 Å². The molecule has 82 valence electrons. The predicted octanol–water partition coefficient (Wildman–Crippen LogP) is 2.92. The molecule has 0 N–H and O–H groups in total. The maximum atomic E-state index is 12.1. The second-order valence-electron chi connectivity index (χ2n) is 3.55. The lowest BCUT2D eigenvalue weighted by molar-refractivity contribution is 0.103. The van der Waals surface area contributed by atoms with E-state index in [1.54, 1.807) is 6.07 Å². The van der Waals surface area contributed by atoms with Crippen LogP contribution in [-0.4, -0.2) is 15.8 Å². The van der Waals surface area contributed by atoms with E-state index < -0.39 is 0 Å².